The second kappa shape index (κ2) is 12.3. The first-order chi connectivity index (χ1) is 21.4. The Kier molecular flexibility index (Phi) is 8.71. The molecule has 5 nitrogen and oxygen atoms in total. The molecule has 0 spiro atoms. The van der Waals surface area contributed by atoms with E-state index in [1.54, 1.807) is 0 Å². The molecule has 6 rings (SSSR count). The van der Waals surface area contributed by atoms with Crippen molar-refractivity contribution in [2.24, 2.45) is 10.8 Å². The third-order valence-corrected chi connectivity index (χ3v) is 10.3. The highest BCUT2D eigenvalue weighted by Gasteiger charge is 2.50. The number of hydrogen-bond acceptors (Lipinski definition) is 5. The fraction of sp³-hybridized carbons (Fsp3) is 0.538. The minimum absolute atomic E-state index is 0.144. The molecule has 0 unspecified atom stereocenters. The first kappa shape index (κ1) is 31.9. The van der Waals surface area contributed by atoms with E-state index in [0.717, 1.165) is 64.9 Å². The molecule has 0 amide bonds. The van der Waals surface area contributed by atoms with E-state index >= 15 is 0 Å². The number of rotatable bonds is 7. The summed E-state index contributed by atoms with van der Waals surface area (Å²) >= 11 is 7.03. The van der Waals surface area contributed by atoms with Gasteiger partial charge in [-0.05, 0) is 73.6 Å². The van der Waals surface area contributed by atoms with Gasteiger partial charge in [0, 0.05) is 47.3 Å². The molecule has 0 saturated heterocycles. The lowest BCUT2D eigenvalue weighted by atomic mass is 9.63. The van der Waals surface area contributed by atoms with Crippen molar-refractivity contribution in [3.05, 3.63) is 80.7 Å². The molecule has 2 aromatic rings. The molecule has 3 aliphatic carbocycles. The molecule has 1 saturated carbocycles. The van der Waals surface area contributed by atoms with E-state index in [1.165, 1.54) is 19.3 Å². The fourth-order valence-electron chi connectivity index (χ4n) is 8.22. The first-order valence-corrected chi connectivity index (χ1v) is 17.2. The Morgan fingerprint density at radius 3 is 2.04 bits per heavy atom. The van der Waals surface area contributed by atoms with Gasteiger partial charge in [0.25, 0.3) is 0 Å². The van der Waals surface area contributed by atoms with Crippen molar-refractivity contribution in [3.8, 4) is 11.5 Å². The standard InChI is InChI=1S/C39H48ClNO4/c1-7-44-33-18-26(17-28(40)37(33)45-23-25-13-11-12-24(2)16-25)34-35-29(19-38(3,4)21-31(35)42)41(27-14-9-8-10-15-27)30-20-39(5,6)22-32(43)36(30)34/h11-13,16-18,27,34H,7-10,14-15,19-23H2,1-6H3. The van der Waals surface area contributed by atoms with Crippen LogP contribution in [0.15, 0.2) is 58.9 Å². The van der Waals surface area contributed by atoms with Crippen LogP contribution >= 0.6 is 11.6 Å². The topological polar surface area (TPSA) is 55.8 Å². The van der Waals surface area contributed by atoms with Gasteiger partial charge in [-0.3, -0.25) is 9.59 Å². The van der Waals surface area contributed by atoms with Crippen molar-refractivity contribution in [2.75, 3.05) is 6.61 Å². The van der Waals surface area contributed by atoms with Crippen LogP contribution in [0.25, 0.3) is 0 Å². The van der Waals surface area contributed by atoms with Gasteiger partial charge in [0.2, 0.25) is 0 Å². The van der Waals surface area contributed by atoms with Gasteiger partial charge in [0.1, 0.15) is 6.61 Å². The van der Waals surface area contributed by atoms with Crippen molar-refractivity contribution in [2.45, 2.75) is 118 Å². The number of benzene rings is 2. The monoisotopic (exact) mass is 629 g/mol. The van der Waals surface area contributed by atoms with E-state index in [1.807, 2.05) is 31.2 Å². The number of hydrogen-bond donors (Lipinski definition) is 0. The van der Waals surface area contributed by atoms with Gasteiger partial charge in [-0.2, -0.15) is 0 Å². The van der Waals surface area contributed by atoms with Crippen LogP contribution in [0.5, 0.6) is 11.5 Å². The summed E-state index contributed by atoms with van der Waals surface area (Å²) < 4.78 is 12.4. The molecule has 2 aromatic carbocycles. The SMILES string of the molecule is CCOc1cc(C2C3=C(CC(C)(C)CC3=O)N(C3CCCCC3)C3=C2C(=O)CC(C)(C)C3)cc(Cl)c1OCc1cccc(C)c1. The zero-order valence-corrected chi connectivity index (χ0v) is 28.6. The van der Waals surface area contributed by atoms with Gasteiger partial charge in [0.05, 0.1) is 11.6 Å². The largest absolute Gasteiger partial charge is 0.490 e. The molecular formula is C39H48ClNO4. The quantitative estimate of drug-likeness (QED) is 0.305. The number of nitrogens with zero attached hydrogens (tertiary/aromatic N) is 1. The third-order valence-electron chi connectivity index (χ3n) is 10.0. The van der Waals surface area contributed by atoms with E-state index < -0.39 is 5.92 Å². The molecule has 240 valence electrons. The van der Waals surface area contributed by atoms with Crippen LogP contribution in [-0.2, 0) is 16.2 Å². The molecule has 45 heavy (non-hydrogen) atoms. The summed E-state index contributed by atoms with van der Waals surface area (Å²) in [6, 6.07) is 12.4. The Hall–Kier alpha value is -3.05. The summed E-state index contributed by atoms with van der Waals surface area (Å²) in [5.41, 5.74) is 6.58. The van der Waals surface area contributed by atoms with Crippen molar-refractivity contribution in [1.29, 1.82) is 0 Å². The fourth-order valence-corrected chi connectivity index (χ4v) is 8.50. The molecule has 1 aliphatic heterocycles. The van der Waals surface area contributed by atoms with Gasteiger partial charge in [-0.15, -0.1) is 0 Å². The van der Waals surface area contributed by atoms with Crippen LogP contribution in [0.2, 0.25) is 5.02 Å². The number of halogens is 1. The van der Waals surface area contributed by atoms with Crippen LogP contribution in [0, 0.1) is 17.8 Å². The van der Waals surface area contributed by atoms with Crippen LogP contribution in [0.1, 0.15) is 115 Å². The summed E-state index contributed by atoms with van der Waals surface area (Å²) in [6.07, 6.45) is 8.36. The number of ketones is 2. The second-order valence-corrected chi connectivity index (χ2v) is 15.6. The average molecular weight is 630 g/mol. The van der Waals surface area contributed by atoms with Crippen LogP contribution in [0.3, 0.4) is 0 Å². The maximum Gasteiger partial charge on any atom is 0.180 e. The van der Waals surface area contributed by atoms with E-state index in [9.17, 15) is 9.59 Å². The smallest absolute Gasteiger partial charge is 0.180 e. The van der Waals surface area contributed by atoms with Gasteiger partial charge >= 0.3 is 0 Å². The first-order valence-electron chi connectivity index (χ1n) is 16.8. The maximum atomic E-state index is 14.3. The Labute approximate surface area is 274 Å². The van der Waals surface area contributed by atoms with Crippen molar-refractivity contribution in [1.82, 2.24) is 4.90 Å². The lowest BCUT2D eigenvalue weighted by Crippen LogP contribution is -2.48. The number of carbonyl (C=O) groups excluding carboxylic acids is 2. The second-order valence-electron chi connectivity index (χ2n) is 15.2. The highest BCUT2D eigenvalue weighted by molar-refractivity contribution is 6.32. The average Bonchev–Trinajstić information content (AvgIpc) is 2.95. The lowest BCUT2D eigenvalue weighted by molar-refractivity contribution is -0.119. The molecule has 1 heterocycles. The summed E-state index contributed by atoms with van der Waals surface area (Å²) in [5.74, 6) is 0.845. The van der Waals surface area contributed by atoms with E-state index in [-0.39, 0.29) is 22.4 Å². The number of aryl methyl sites for hydroxylation is 1. The molecule has 4 aliphatic rings. The normalized spacial score (nSPS) is 22.0. The van der Waals surface area contributed by atoms with Crippen molar-refractivity contribution < 1.29 is 19.1 Å². The van der Waals surface area contributed by atoms with E-state index in [4.69, 9.17) is 21.1 Å². The summed E-state index contributed by atoms with van der Waals surface area (Å²) in [6.45, 7) is 13.6. The molecule has 1 fully saturated rings. The van der Waals surface area contributed by atoms with E-state index in [0.29, 0.717) is 48.6 Å². The zero-order chi connectivity index (χ0) is 32.1. The Bertz CT molecular complexity index is 1520. The molecule has 0 radical (unpaired) electrons. The minimum atomic E-state index is -0.468. The molecular weight excluding hydrogens is 582 g/mol. The summed E-state index contributed by atoms with van der Waals surface area (Å²) in [4.78, 5) is 31.1. The van der Waals surface area contributed by atoms with Crippen LogP contribution in [-0.4, -0.2) is 29.1 Å². The Morgan fingerprint density at radius 2 is 1.47 bits per heavy atom. The number of ether oxygens (including phenoxy) is 2. The molecule has 0 bridgehead atoms. The highest BCUT2D eigenvalue weighted by Crippen LogP contribution is 2.56. The van der Waals surface area contributed by atoms with Gasteiger partial charge < -0.3 is 14.4 Å². The summed E-state index contributed by atoms with van der Waals surface area (Å²) in [7, 11) is 0. The molecule has 0 atom stereocenters. The Balaban J connectivity index is 1.51. The lowest BCUT2D eigenvalue weighted by Gasteiger charge is -2.52. The van der Waals surface area contributed by atoms with Gasteiger partial charge in [-0.1, -0.05) is 88.4 Å². The molecule has 0 N–H and O–H groups in total. The van der Waals surface area contributed by atoms with Crippen molar-refractivity contribution >= 4 is 23.2 Å². The third kappa shape index (κ3) is 6.35. The predicted molar refractivity (Wildman–Crippen MR) is 180 cm³/mol. The molecule has 6 heteroatoms. The van der Waals surface area contributed by atoms with Gasteiger partial charge in [-0.25, -0.2) is 0 Å². The Morgan fingerprint density at radius 1 is 0.844 bits per heavy atom. The van der Waals surface area contributed by atoms with Crippen LogP contribution < -0.4 is 9.47 Å². The zero-order valence-electron chi connectivity index (χ0n) is 27.9. The van der Waals surface area contributed by atoms with Crippen molar-refractivity contribution in [3.63, 3.8) is 0 Å². The molecule has 0 aromatic heterocycles. The number of Topliss-reactive ketones (excluding diaryl/α,β-unsaturated/α-hetero) is 2. The van der Waals surface area contributed by atoms with E-state index in [2.05, 4.69) is 51.7 Å². The number of allylic oxidation sites excluding steroid dienone is 4. The summed E-state index contributed by atoms with van der Waals surface area (Å²) in [5, 5.41) is 0.426. The highest BCUT2D eigenvalue weighted by atomic mass is 35.5. The minimum Gasteiger partial charge on any atom is -0.490 e. The van der Waals surface area contributed by atoms with Crippen LogP contribution in [0.4, 0.5) is 0 Å². The number of carbonyl (C=O) groups is 2. The van der Waals surface area contributed by atoms with Gasteiger partial charge in [0.15, 0.2) is 23.1 Å². The maximum absolute atomic E-state index is 14.3. The predicted octanol–water partition coefficient (Wildman–Crippen LogP) is 9.64.